The lowest BCUT2D eigenvalue weighted by Crippen LogP contribution is -2.36. The minimum Gasteiger partial charge on any atom is -0.356 e. The molecule has 0 bridgehead atoms. The maximum absolute atomic E-state index is 5.41. The zero-order valence-electron chi connectivity index (χ0n) is 6.05. The van der Waals surface area contributed by atoms with Crippen LogP contribution in [0.25, 0.3) is 0 Å². The molecule has 1 rings (SSSR count). The molecule has 52 valence electrons. The molecule has 2 heteroatoms. The second kappa shape index (κ2) is 2.12. The van der Waals surface area contributed by atoms with Crippen molar-refractivity contribution in [3.8, 4) is 0 Å². The molecule has 0 spiro atoms. The monoisotopic (exact) mass is 127 g/mol. The lowest BCUT2D eigenvalue weighted by atomic mass is 10.2. The predicted molar refractivity (Wildman–Crippen MR) is 37.2 cm³/mol. The molecule has 1 aliphatic heterocycles. The van der Waals surface area contributed by atoms with Crippen LogP contribution in [0.15, 0.2) is 12.7 Å². The minimum atomic E-state index is -0.208. The third kappa shape index (κ3) is 1.00. The first-order valence-electron chi connectivity index (χ1n) is 3.18. The van der Waals surface area contributed by atoms with Gasteiger partial charge in [0, 0.05) is 6.54 Å². The van der Waals surface area contributed by atoms with E-state index in [1.54, 1.807) is 0 Å². The summed E-state index contributed by atoms with van der Waals surface area (Å²) < 4.78 is 5.41. The molecule has 1 saturated heterocycles. The highest BCUT2D eigenvalue weighted by Crippen LogP contribution is 2.20. The lowest BCUT2D eigenvalue weighted by Gasteiger charge is -2.26. The van der Waals surface area contributed by atoms with Gasteiger partial charge < -0.3 is 4.74 Å². The van der Waals surface area contributed by atoms with E-state index in [9.17, 15) is 0 Å². The first kappa shape index (κ1) is 6.78. The summed E-state index contributed by atoms with van der Waals surface area (Å²) >= 11 is 0. The van der Waals surface area contributed by atoms with E-state index in [0.29, 0.717) is 0 Å². The molecular formula is C7H13NO. The van der Waals surface area contributed by atoms with E-state index >= 15 is 0 Å². The molecule has 9 heavy (non-hydrogen) atoms. The van der Waals surface area contributed by atoms with Gasteiger partial charge in [-0.05, 0) is 20.0 Å². The Hall–Kier alpha value is -0.340. The number of hydrogen-bond donors (Lipinski definition) is 0. The van der Waals surface area contributed by atoms with Gasteiger partial charge in [0.1, 0.15) is 5.72 Å². The summed E-state index contributed by atoms with van der Waals surface area (Å²) in [7, 11) is 2.04. The Labute approximate surface area is 56.1 Å². The Morgan fingerprint density at radius 3 is 2.67 bits per heavy atom. The Morgan fingerprint density at radius 1 is 1.78 bits per heavy atom. The summed E-state index contributed by atoms with van der Waals surface area (Å²) in [6, 6.07) is 0. The minimum absolute atomic E-state index is 0.208. The third-order valence-corrected chi connectivity index (χ3v) is 1.96. The molecule has 0 aromatic rings. The fraction of sp³-hybridized carbons (Fsp3) is 0.714. The van der Waals surface area contributed by atoms with Crippen LogP contribution >= 0.6 is 0 Å². The second-order valence-corrected chi connectivity index (χ2v) is 2.53. The van der Waals surface area contributed by atoms with Crippen molar-refractivity contribution in [3.05, 3.63) is 12.7 Å². The number of hydrogen-bond acceptors (Lipinski definition) is 2. The van der Waals surface area contributed by atoms with Crippen LogP contribution in [-0.2, 0) is 4.74 Å². The van der Waals surface area contributed by atoms with Crippen LogP contribution in [0.3, 0.4) is 0 Å². The molecule has 0 saturated carbocycles. The Morgan fingerprint density at radius 2 is 2.44 bits per heavy atom. The molecule has 2 nitrogen and oxygen atoms in total. The predicted octanol–water partition coefficient (Wildman–Crippen LogP) is 0.851. The smallest absolute Gasteiger partial charge is 0.137 e. The zero-order chi connectivity index (χ0) is 6.91. The van der Waals surface area contributed by atoms with Gasteiger partial charge >= 0.3 is 0 Å². The van der Waals surface area contributed by atoms with Crippen molar-refractivity contribution in [1.29, 1.82) is 0 Å². The first-order chi connectivity index (χ1) is 4.19. The average molecular weight is 127 g/mol. The van der Waals surface area contributed by atoms with Crippen molar-refractivity contribution in [2.24, 2.45) is 0 Å². The molecule has 0 aliphatic carbocycles. The van der Waals surface area contributed by atoms with Gasteiger partial charge in [0.25, 0.3) is 0 Å². The molecule has 1 aliphatic rings. The van der Waals surface area contributed by atoms with Crippen molar-refractivity contribution in [1.82, 2.24) is 4.90 Å². The maximum Gasteiger partial charge on any atom is 0.137 e. The van der Waals surface area contributed by atoms with Crippen LogP contribution < -0.4 is 0 Å². The molecule has 0 aromatic heterocycles. The fourth-order valence-corrected chi connectivity index (χ4v) is 0.936. The van der Waals surface area contributed by atoms with E-state index in [4.69, 9.17) is 4.74 Å². The van der Waals surface area contributed by atoms with E-state index in [0.717, 1.165) is 13.2 Å². The molecule has 0 radical (unpaired) electrons. The van der Waals surface area contributed by atoms with Gasteiger partial charge in [-0.2, -0.15) is 0 Å². The summed E-state index contributed by atoms with van der Waals surface area (Å²) in [6.45, 7) is 7.54. The van der Waals surface area contributed by atoms with Gasteiger partial charge in [-0.15, -0.1) is 0 Å². The molecule has 0 amide bonds. The number of likely N-dealkylation sites (N-methyl/N-ethyl adjacent to an activating group) is 1. The van der Waals surface area contributed by atoms with Crippen molar-refractivity contribution in [3.63, 3.8) is 0 Å². The van der Waals surface area contributed by atoms with Gasteiger partial charge in [-0.25, -0.2) is 0 Å². The largest absolute Gasteiger partial charge is 0.356 e. The van der Waals surface area contributed by atoms with Crippen molar-refractivity contribution < 1.29 is 4.74 Å². The molecule has 0 N–H and O–H groups in total. The quantitative estimate of drug-likeness (QED) is 0.484. The van der Waals surface area contributed by atoms with Gasteiger partial charge in [0.05, 0.1) is 6.61 Å². The number of rotatable bonds is 1. The normalized spacial score (nSPS) is 37.1. The molecule has 1 fully saturated rings. The van der Waals surface area contributed by atoms with Crippen molar-refractivity contribution in [2.75, 3.05) is 20.2 Å². The van der Waals surface area contributed by atoms with E-state index in [1.807, 2.05) is 20.0 Å². The maximum atomic E-state index is 5.41. The van der Waals surface area contributed by atoms with Crippen LogP contribution in [-0.4, -0.2) is 30.8 Å². The highest BCUT2D eigenvalue weighted by molar-refractivity contribution is 4.95. The molecule has 1 heterocycles. The molecule has 1 atom stereocenters. The highest BCUT2D eigenvalue weighted by atomic mass is 16.5. The number of nitrogens with zero attached hydrogens (tertiary/aromatic N) is 1. The van der Waals surface area contributed by atoms with Gasteiger partial charge in [0.15, 0.2) is 0 Å². The van der Waals surface area contributed by atoms with E-state index in [-0.39, 0.29) is 5.72 Å². The Kier molecular flexibility index (Phi) is 1.60. The number of ether oxygens (including phenoxy) is 1. The van der Waals surface area contributed by atoms with Crippen LogP contribution in [0.4, 0.5) is 0 Å². The van der Waals surface area contributed by atoms with E-state index in [2.05, 4.69) is 11.5 Å². The third-order valence-electron chi connectivity index (χ3n) is 1.96. The summed E-state index contributed by atoms with van der Waals surface area (Å²) in [5, 5.41) is 0. The fourth-order valence-electron chi connectivity index (χ4n) is 0.936. The molecule has 0 aromatic carbocycles. The van der Waals surface area contributed by atoms with Crippen molar-refractivity contribution in [2.45, 2.75) is 12.6 Å². The Bertz CT molecular complexity index is 124. The van der Waals surface area contributed by atoms with Crippen LogP contribution in [0, 0.1) is 0 Å². The summed E-state index contributed by atoms with van der Waals surface area (Å²) in [5.41, 5.74) is -0.208. The standard InChI is InChI=1S/C7H13NO/c1-4-7(2)8(3)5-6-9-7/h4H,1,5-6H2,2-3H3. The summed E-state index contributed by atoms with van der Waals surface area (Å²) in [4.78, 5) is 2.14. The highest BCUT2D eigenvalue weighted by Gasteiger charge is 2.31. The zero-order valence-corrected chi connectivity index (χ0v) is 6.05. The average Bonchev–Trinajstić information content (AvgIpc) is 2.15. The van der Waals surface area contributed by atoms with Gasteiger partial charge in [-0.3, -0.25) is 4.90 Å². The summed E-state index contributed by atoms with van der Waals surface area (Å²) in [6.07, 6.45) is 1.83. The molecule has 1 unspecified atom stereocenters. The van der Waals surface area contributed by atoms with Crippen LogP contribution in [0.2, 0.25) is 0 Å². The van der Waals surface area contributed by atoms with Crippen LogP contribution in [0.1, 0.15) is 6.92 Å². The van der Waals surface area contributed by atoms with Crippen molar-refractivity contribution >= 4 is 0 Å². The Balaban J connectivity index is 2.66. The molecular weight excluding hydrogens is 114 g/mol. The topological polar surface area (TPSA) is 12.5 Å². The van der Waals surface area contributed by atoms with Gasteiger partial charge in [-0.1, -0.05) is 6.58 Å². The van der Waals surface area contributed by atoms with Crippen LogP contribution in [0.5, 0.6) is 0 Å². The first-order valence-corrected chi connectivity index (χ1v) is 3.18. The van der Waals surface area contributed by atoms with E-state index in [1.165, 1.54) is 0 Å². The van der Waals surface area contributed by atoms with Gasteiger partial charge in [0.2, 0.25) is 0 Å². The second-order valence-electron chi connectivity index (χ2n) is 2.53. The lowest BCUT2D eigenvalue weighted by molar-refractivity contribution is -0.0115. The van der Waals surface area contributed by atoms with E-state index < -0.39 is 0 Å². The summed E-state index contributed by atoms with van der Waals surface area (Å²) in [5.74, 6) is 0. The SMILES string of the molecule is C=CC1(C)OCCN1C.